The van der Waals surface area contributed by atoms with Crippen LogP contribution in [0.5, 0.6) is 0 Å². The summed E-state index contributed by atoms with van der Waals surface area (Å²) in [5.74, 6) is -0.335. The number of hydrogen-bond donors (Lipinski definition) is 1. The summed E-state index contributed by atoms with van der Waals surface area (Å²) in [6.45, 7) is 2.53. The Morgan fingerprint density at radius 3 is 2.22 bits per heavy atom. The van der Waals surface area contributed by atoms with E-state index >= 15 is 0 Å². The second-order valence-electron chi connectivity index (χ2n) is 7.52. The van der Waals surface area contributed by atoms with Gasteiger partial charge in [-0.2, -0.15) is 0 Å². The minimum atomic E-state index is -0.770. The van der Waals surface area contributed by atoms with E-state index < -0.39 is 6.04 Å². The highest BCUT2D eigenvalue weighted by Gasteiger charge is 2.31. The molecule has 3 aromatic rings. The summed E-state index contributed by atoms with van der Waals surface area (Å²) in [7, 11) is 0. The molecule has 0 aliphatic heterocycles. The van der Waals surface area contributed by atoms with E-state index in [0.29, 0.717) is 29.4 Å². The predicted octanol–water partition coefficient (Wildman–Crippen LogP) is 6.18. The molecule has 0 aromatic heterocycles. The molecule has 0 radical (unpaired) electrons. The molecule has 4 nitrogen and oxygen atoms in total. The molecule has 1 N–H and O–H groups in total. The maximum atomic E-state index is 13.5. The predicted molar refractivity (Wildman–Crippen MR) is 129 cm³/mol. The summed E-state index contributed by atoms with van der Waals surface area (Å²) in [6.07, 6.45) is 1.05. The smallest absolute Gasteiger partial charge is 0.247 e. The zero-order valence-corrected chi connectivity index (χ0v) is 19.4. The summed E-state index contributed by atoms with van der Waals surface area (Å²) in [5, 5.41) is 4.18. The van der Waals surface area contributed by atoms with Crippen molar-refractivity contribution in [1.82, 2.24) is 10.2 Å². The standard InChI is InChI=1S/C26H26Cl2N2O2/c1-2-8-24(31)30(18-19-13-15-22(27)16-14-19)25(20-9-4-3-5-10-20)26(32)29-17-21-11-6-7-12-23(21)28/h3-7,9-16,25H,2,8,17-18H2,1H3,(H,29,32)/t25-/m1/s1. The number of benzene rings is 3. The van der Waals surface area contributed by atoms with E-state index in [4.69, 9.17) is 23.2 Å². The minimum Gasteiger partial charge on any atom is -0.350 e. The van der Waals surface area contributed by atoms with E-state index in [1.807, 2.05) is 67.6 Å². The maximum absolute atomic E-state index is 13.5. The van der Waals surface area contributed by atoms with Crippen LogP contribution in [0.3, 0.4) is 0 Å². The van der Waals surface area contributed by atoms with Crippen LogP contribution in [0.25, 0.3) is 0 Å². The van der Waals surface area contributed by atoms with Crippen LogP contribution in [0.4, 0.5) is 0 Å². The van der Waals surface area contributed by atoms with Crippen molar-refractivity contribution in [2.24, 2.45) is 0 Å². The van der Waals surface area contributed by atoms with Gasteiger partial charge in [-0.15, -0.1) is 0 Å². The summed E-state index contributed by atoms with van der Waals surface area (Å²) in [6, 6.07) is 23.3. The van der Waals surface area contributed by atoms with Crippen LogP contribution in [-0.2, 0) is 22.7 Å². The van der Waals surface area contributed by atoms with Crippen LogP contribution < -0.4 is 5.32 Å². The number of nitrogens with one attached hydrogen (secondary N) is 1. The van der Waals surface area contributed by atoms with Crippen LogP contribution in [0.15, 0.2) is 78.9 Å². The quantitative estimate of drug-likeness (QED) is 0.407. The number of halogens is 2. The van der Waals surface area contributed by atoms with Crippen molar-refractivity contribution in [1.29, 1.82) is 0 Å². The number of rotatable bonds is 9. The maximum Gasteiger partial charge on any atom is 0.247 e. The van der Waals surface area contributed by atoms with Crippen molar-refractivity contribution >= 4 is 35.0 Å². The van der Waals surface area contributed by atoms with Gasteiger partial charge in [0.1, 0.15) is 6.04 Å². The van der Waals surface area contributed by atoms with E-state index in [9.17, 15) is 9.59 Å². The second kappa shape index (κ2) is 11.7. The lowest BCUT2D eigenvalue weighted by atomic mass is 10.0. The summed E-state index contributed by atoms with van der Waals surface area (Å²) >= 11 is 12.3. The van der Waals surface area contributed by atoms with E-state index in [1.165, 1.54) is 0 Å². The molecule has 0 aliphatic carbocycles. The highest BCUT2D eigenvalue weighted by Crippen LogP contribution is 2.26. The molecule has 0 bridgehead atoms. The van der Waals surface area contributed by atoms with Gasteiger partial charge in [-0.1, -0.05) is 90.8 Å². The van der Waals surface area contributed by atoms with Crippen molar-refractivity contribution in [3.63, 3.8) is 0 Å². The summed E-state index contributed by atoms with van der Waals surface area (Å²) < 4.78 is 0. The fourth-order valence-corrected chi connectivity index (χ4v) is 3.82. The van der Waals surface area contributed by atoms with Gasteiger partial charge in [0.15, 0.2) is 0 Å². The highest BCUT2D eigenvalue weighted by atomic mass is 35.5. The third-order valence-electron chi connectivity index (χ3n) is 5.14. The van der Waals surface area contributed by atoms with Crippen LogP contribution in [0, 0.1) is 0 Å². The van der Waals surface area contributed by atoms with E-state index in [0.717, 1.165) is 16.7 Å². The molecule has 2 amide bonds. The first kappa shape index (κ1) is 23.8. The fourth-order valence-electron chi connectivity index (χ4n) is 3.50. The minimum absolute atomic E-state index is 0.0794. The normalized spacial score (nSPS) is 11.6. The van der Waals surface area contributed by atoms with Crippen LogP contribution in [0.2, 0.25) is 10.0 Å². The van der Waals surface area contributed by atoms with E-state index in [2.05, 4.69) is 5.32 Å². The van der Waals surface area contributed by atoms with Crippen molar-refractivity contribution in [3.05, 3.63) is 106 Å². The molecule has 0 unspecified atom stereocenters. The van der Waals surface area contributed by atoms with Gasteiger partial charge in [-0.05, 0) is 41.3 Å². The molecule has 0 saturated heterocycles. The first-order chi connectivity index (χ1) is 15.5. The van der Waals surface area contributed by atoms with Crippen molar-refractivity contribution in [3.8, 4) is 0 Å². The lowest BCUT2D eigenvalue weighted by Gasteiger charge is -2.31. The molecule has 32 heavy (non-hydrogen) atoms. The Bertz CT molecular complexity index is 1040. The Balaban J connectivity index is 1.92. The zero-order valence-electron chi connectivity index (χ0n) is 17.9. The van der Waals surface area contributed by atoms with Gasteiger partial charge in [-0.3, -0.25) is 9.59 Å². The highest BCUT2D eigenvalue weighted by molar-refractivity contribution is 6.31. The first-order valence-corrected chi connectivity index (χ1v) is 11.3. The molecule has 6 heteroatoms. The molecule has 0 saturated carbocycles. The topological polar surface area (TPSA) is 49.4 Å². The van der Waals surface area contributed by atoms with Crippen molar-refractivity contribution < 1.29 is 9.59 Å². The van der Waals surface area contributed by atoms with Gasteiger partial charge in [-0.25, -0.2) is 0 Å². The molecule has 166 valence electrons. The molecule has 1 atom stereocenters. The van der Waals surface area contributed by atoms with Gasteiger partial charge in [0.2, 0.25) is 11.8 Å². The number of carbonyl (C=O) groups is 2. The summed E-state index contributed by atoms with van der Waals surface area (Å²) in [4.78, 5) is 28.3. The number of nitrogens with zero attached hydrogens (tertiary/aromatic N) is 1. The van der Waals surface area contributed by atoms with Crippen molar-refractivity contribution in [2.75, 3.05) is 0 Å². The summed E-state index contributed by atoms with van der Waals surface area (Å²) in [5.41, 5.74) is 2.47. The molecule has 3 rings (SSSR count). The van der Waals surface area contributed by atoms with Crippen LogP contribution in [-0.4, -0.2) is 16.7 Å². The third kappa shape index (κ3) is 6.35. The monoisotopic (exact) mass is 468 g/mol. The van der Waals surface area contributed by atoms with Crippen LogP contribution in [0.1, 0.15) is 42.5 Å². The molecular weight excluding hydrogens is 443 g/mol. The average molecular weight is 469 g/mol. The molecule has 0 aliphatic rings. The number of amides is 2. The lowest BCUT2D eigenvalue weighted by molar-refractivity contribution is -0.141. The van der Waals surface area contributed by atoms with Crippen LogP contribution >= 0.6 is 23.2 Å². The Kier molecular flexibility index (Phi) is 8.72. The fraction of sp³-hybridized carbons (Fsp3) is 0.231. The van der Waals surface area contributed by atoms with Gasteiger partial charge < -0.3 is 10.2 Å². The van der Waals surface area contributed by atoms with Gasteiger partial charge in [0.05, 0.1) is 0 Å². The Labute approximate surface area is 199 Å². The number of carbonyl (C=O) groups excluding carboxylic acids is 2. The van der Waals surface area contributed by atoms with Gasteiger partial charge in [0, 0.05) is 29.6 Å². The average Bonchev–Trinajstić information content (AvgIpc) is 2.80. The lowest BCUT2D eigenvalue weighted by Crippen LogP contribution is -2.43. The first-order valence-electron chi connectivity index (χ1n) is 10.6. The molecular formula is C26H26Cl2N2O2. The molecule has 0 spiro atoms. The second-order valence-corrected chi connectivity index (χ2v) is 8.36. The van der Waals surface area contributed by atoms with E-state index in [-0.39, 0.29) is 18.4 Å². The van der Waals surface area contributed by atoms with E-state index in [1.54, 1.807) is 23.1 Å². The molecule has 0 fully saturated rings. The SMILES string of the molecule is CCCC(=O)N(Cc1ccc(Cl)cc1)[C@@H](C(=O)NCc1ccccc1Cl)c1ccccc1. The Hall–Kier alpha value is -2.82. The Morgan fingerprint density at radius 1 is 0.906 bits per heavy atom. The van der Waals surface area contributed by atoms with Gasteiger partial charge >= 0.3 is 0 Å². The number of hydrogen-bond acceptors (Lipinski definition) is 2. The van der Waals surface area contributed by atoms with Gasteiger partial charge in [0.25, 0.3) is 0 Å². The molecule has 0 heterocycles. The largest absolute Gasteiger partial charge is 0.350 e. The molecule has 3 aromatic carbocycles. The zero-order chi connectivity index (χ0) is 22.9. The Morgan fingerprint density at radius 2 is 1.56 bits per heavy atom. The van der Waals surface area contributed by atoms with Crippen molar-refractivity contribution in [2.45, 2.75) is 38.9 Å². The third-order valence-corrected chi connectivity index (χ3v) is 5.76.